The van der Waals surface area contributed by atoms with E-state index in [9.17, 15) is 19.3 Å². The summed E-state index contributed by atoms with van der Waals surface area (Å²) < 4.78 is 28.9. The van der Waals surface area contributed by atoms with Crippen LogP contribution in [0.5, 0.6) is 11.5 Å². The van der Waals surface area contributed by atoms with Crippen LogP contribution in [0.25, 0.3) is 0 Å². The summed E-state index contributed by atoms with van der Waals surface area (Å²) in [6, 6.07) is 7.83. The average molecular weight is 347 g/mol. The third-order valence-corrected chi connectivity index (χ3v) is 3.70. The van der Waals surface area contributed by atoms with Crippen LogP contribution in [0.3, 0.4) is 0 Å². The quantitative estimate of drug-likeness (QED) is 0.478. The minimum absolute atomic E-state index is 0.209. The number of fused-ring (bicyclic) bond motifs is 1. The predicted molar refractivity (Wildman–Crippen MR) is 84.3 cm³/mol. The Hall–Kier alpha value is -3.16. The molecule has 0 aliphatic carbocycles. The Bertz CT molecular complexity index is 821. The highest BCUT2D eigenvalue weighted by Gasteiger charge is 2.28. The van der Waals surface area contributed by atoms with Crippen LogP contribution in [0.4, 0.5) is 10.1 Å². The molecular formula is C17H14FNO6. The van der Waals surface area contributed by atoms with Crippen molar-refractivity contribution in [1.29, 1.82) is 0 Å². The fourth-order valence-electron chi connectivity index (χ4n) is 2.42. The maximum atomic E-state index is 13.0. The molecule has 0 saturated heterocycles. The maximum Gasteiger partial charge on any atom is 0.345 e. The summed E-state index contributed by atoms with van der Waals surface area (Å²) in [4.78, 5) is 23.0. The van der Waals surface area contributed by atoms with Crippen molar-refractivity contribution in [2.75, 3.05) is 13.2 Å². The third-order valence-electron chi connectivity index (χ3n) is 3.70. The second-order valence-electron chi connectivity index (χ2n) is 5.37. The zero-order valence-electron chi connectivity index (χ0n) is 13.2. The zero-order chi connectivity index (χ0) is 18.0. The van der Waals surface area contributed by atoms with E-state index >= 15 is 0 Å². The highest BCUT2D eigenvalue weighted by Crippen LogP contribution is 2.37. The van der Waals surface area contributed by atoms with Gasteiger partial charge >= 0.3 is 5.97 Å². The van der Waals surface area contributed by atoms with E-state index in [4.69, 9.17) is 14.2 Å². The first kappa shape index (κ1) is 16.7. The number of nitro benzene ring substituents is 1. The van der Waals surface area contributed by atoms with Gasteiger partial charge in [-0.2, -0.15) is 0 Å². The largest absolute Gasteiger partial charge is 0.486 e. The normalized spacial score (nSPS) is 13.8. The topological polar surface area (TPSA) is 87.9 Å². The van der Waals surface area contributed by atoms with Crippen LogP contribution in [-0.4, -0.2) is 24.1 Å². The summed E-state index contributed by atoms with van der Waals surface area (Å²) in [7, 11) is 0. The molecule has 0 N–H and O–H groups in total. The van der Waals surface area contributed by atoms with Crippen LogP contribution in [0.2, 0.25) is 0 Å². The third kappa shape index (κ3) is 3.52. The number of carbonyl (C=O) groups is 1. The molecule has 1 heterocycles. The number of halogens is 1. The molecule has 1 unspecified atom stereocenters. The van der Waals surface area contributed by atoms with Gasteiger partial charge in [-0.25, -0.2) is 9.18 Å². The molecule has 0 spiro atoms. The van der Waals surface area contributed by atoms with Gasteiger partial charge in [0.2, 0.25) is 0 Å². The van der Waals surface area contributed by atoms with E-state index < -0.39 is 28.5 Å². The van der Waals surface area contributed by atoms with Crippen molar-refractivity contribution in [2.24, 2.45) is 0 Å². The SMILES string of the molecule is CC(OC(=O)c1cc2c(cc1[N+](=O)[O-])OCCO2)c1ccc(F)cc1. The Labute approximate surface area is 142 Å². The maximum absolute atomic E-state index is 13.0. The van der Waals surface area contributed by atoms with Crippen molar-refractivity contribution in [1.82, 2.24) is 0 Å². The summed E-state index contributed by atoms with van der Waals surface area (Å²) in [5, 5.41) is 11.3. The molecule has 0 amide bonds. The first-order chi connectivity index (χ1) is 12.0. The minimum Gasteiger partial charge on any atom is -0.486 e. The summed E-state index contributed by atoms with van der Waals surface area (Å²) in [5.74, 6) is -0.829. The van der Waals surface area contributed by atoms with Gasteiger partial charge in [0.05, 0.1) is 11.0 Å². The number of nitro groups is 1. The van der Waals surface area contributed by atoms with Gasteiger partial charge in [-0.15, -0.1) is 0 Å². The van der Waals surface area contributed by atoms with Crippen molar-refractivity contribution in [3.8, 4) is 11.5 Å². The molecule has 8 heteroatoms. The fraction of sp³-hybridized carbons (Fsp3) is 0.235. The molecule has 3 rings (SSSR count). The van der Waals surface area contributed by atoms with Crippen LogP contribution in [0.1, 0.15) is 28.9 Å². The van der Waals surface area contributed by atoms with E-state index in [2.05, 4.69) is 0 Å². The van der Waals surface area contributed by atoms with Crippen molar-refractivity contribution in [2.45, 2.75) is 13.0 Å². The van der Waals surface area contributed by atoms with Crippen molar-refractivity contribution >= 4 is 11.7 Å². The second kappa shape index (κ2) is 6.76. The van der Waals surface area contributed by atoms with Crippen molar-refractivity contribution in [3.05, 3.63) is 63.5 Å². The average Bonchev–Trinajstić information content (AvgIpc) is 2.61. The summed E-state index contributed by atoms with van der Waals surface area (Å²) in [6.45, 7) is 2.15. The Balaban J connectivity index is 1.88. The molecule has 130 valence electrons. The number of nitrogens with zero attached hydrogens (tertiary/aromatic N) is 1. The van der Waals surface area contributed by atoms with Crippen LogP contribution in [0.15, 0.2) is 36.4 Å². The summed E-state index contributed by atoms with van der Waals surface area (Å²) in [5.41, 5.74) is -0.0984. The lowest BCUT2D eigenvalue weighted by molar-refractivity contribution is -0.385. The van der Waals surface area contributed by atoms with Gasteiger partial charge in [0, 0.05) is 6.07 Å². The Morgan fingerprint density at radius 2 is 1.80 bits per heavy atom. The molecule has 0 aromatic heterocycles. The molecule has 0 saturated carbocycles. The van der Waals surface area contributed by atoms with Crippen molar-refractivity contribution < 1.29 is 28.3 Å². The van der Waals surface area contributed by atoms with E-state index in [-0.39, 0.29) is 30.3 Å². The number of esters is 1. The lowest BCUT2D eigenvalue weighted by Gasteiger charge is -2.19. The first-order valence-electron chi connectivity index (χ1n) is 7.50. The molecule has 2 aromatic rings. The number of carbonyl (C=O) groups excluding carboxylic acids is 1. The predicted octanol–water partition coefficient (Wildman–Crippen LogP) is 3.42. The standard InChI is InChI=1S/C17H14FNO6/c1-10(11-2-4-12(18)5-3-11)25-17(20)13-8-15-16(24-7-6-23-15)9-14(13)19(21)22/h2-5,8-10H,6-7H2,1H3. The number of rotatable bonds is 4. The van der Waals surface area contributed by atoms with Crippen LogP contribution in [0, 0.1) is 15.9 Å². The zero-order valence-corrected chi connectivity index (χ0v) is 13.2. The summed E-state index contributed by atoms with van der Waals surface area (Å²) in [6.07, 6.45) is -0.707. The van der Waals surface area contributed by atoms with Gasteiger partial charge in [0.1, 0.15) is 30.7 Å². The van der Waals surface area contributed by atoms with Crippen LogP contribution < -0.4 is 9.47 Å². The molecular weight excluding hydrogens is 333 g/mol. The number of hydrogen-bond acceptors (Lipinski definition) is 6. The van der Waals surface area contributed by atoms with Gasteiger partial charge in [-0.05, 0) is 24.6 Å². The smallest absolute Gasteiger partial charge is 0.345 e. The highest BCUT2D eigenvalue weighted by molar-refractivity contribution is 5.95. The lowest BCUT2D eigenvalue weighted by atomic mass is 10.1. The van der Waals surface area contributed by atoms with Crippen LogP contribution >= 0.6 is 0 Å². The molecule has 1 aliphatic heterocycles. The Kier molecular flexibility index (Phi) is 4.51. The minimum atomic E-state index is -0.875. The second-order valence-corrected chi connectivity index (χ2v) is 5.37. The molecule has 25 heavy (non-hydrogen) atoms. The van der Waals surface area contributed by atoms with Gasteiger partial charge in [-0.1, -0.05) is 12.1 Å². The molecule has 0 radical (unpaired) electrons. The summed E-state index contributed by atoms with van der Waals surface area (Å²) >= 11 is 0. The van der Waals surface area contributed by atoms with Crippen LogP contribution in [-0.2, 0) is 4.74 Å². The lowest BCUT2D eigenvalue weighted by Crippen LogP contribution is -2.17. The molecule has 0 fully saturated rings. The van der Waals surface area contributed by atoms with E-state index in [1.807, 2.05) is 0 Å². The van der Waals surface area contributed by atoms with Gasteiger partial charge < -0.3 is 14.2 Å². The first-order valence-corrected chi connectivity index (χ1v) is 7.50. The number of hydrogen-bond donors (Lipinski definition) is 0. The fourth-order valence-corrected chi connectivity index (χ4v) is 2.42. The molecule has 7 nitrogen and oxygen atoms in total. The highest BCUT2D eigenvalue weighted by atomic mass is 19.1. The van der Waals surface area contributed by atoms with E-state index in [1.165, 1.54) is 30.3 Å². The molecule has 1 atom stereocenters. The molecule has 2 aromatic carbocycles. The Morgan fingerprint density at radius 3 is 2.40 bits per heavy atom. The van der Waals surface area contributed by atoms with Crippen molar-refractivity contribution in [3.63, 3.8) is 0 Å². The number of benzene rings is 2. The monoisotopic (exact) mass is 347 g/mol. The van der Waals surface area contributed by atoms with Gasteiger partial charge in [-0.3, -0.25) is 10.1 Å². The van der Waals surface area contributed by atoms with Gasteiger partial charge in [0.25, 0.3) is 5.69 Å². The Morgan fingerprint density at radius 1 is 1.20 bits per heavy atom. The van der Waals surface area contributed by atoms with E-state index in [0.717, 1.165) is 6.07 Å². The molecule has 0 bridgehead atoms. The number of ether oxygens (including phenoxy) is 3. The molecule has 1 aliphatic rings. The van der Waals surface area contributed by atoms with E-state index in [0.29, 0.717) is 5.56 Å². The van der Waals surface area contributed by atoms with Gasteiger partial charge in [0.15, 0.2) is 11.5 Å². The van der Waals surface area contributed by atoms with E-state index in [1.54, 1.807) is 6.92 Å².